The lowest BCUT2D eigenvalue weighted by molar-refractivity contribution is -0.137. The number of benzene rings is 1. The highest BCUT2D eigenvalue weighted by Gasteiger charge is 2.26. The number of hydrogen-bond acceptors (Lipinski definition) is 4. The van der Waals surface area contributed by atoms with E-state index in [4.69, 9.17) is 9.52 Å². The summed E-state index contributed by atoms with van der Waals surface area (Å²) in [6.45, 7) is 1.10. The second kappa shape index (κ2) is 6.86. The molecule has 2 aromatic rings. The summed E-state index contributed by atoms with van der Waals surface area (Å²) >= 11 is 0. The second-order valence-corrected chi connectivity index (χ2v) is 6.16. The lowest BCUT2D eigenvalue weighted by atomic mass is 9.93. The molecular formula is C18H19NO5. The third-order valence-corrected chi connectivity index (χ3v) is 4.42. The standard InChI is InChI=1S/C18H19NO5/c20-14-10-16(24-15-6-2-1-5-13(14)15)18(23)19-9-3-4-12(11-19)7-8-17(21)22/h1-2,5-6,10,12H,3-4,7-9,11H2,(H,21,22). The molecule has 0 aliphatic carbocycles. The van der Waals surface area contributed by atoms with E-state index in [1.54, 1.807) is 29.2 Å². The van der Waals surface area contributed by atoms with Crippen LogP contribution in [0.4, 0.5) is 0 Å². The zero-order valence-corrected chi connectivity index (χ0v) is 13.2. The summed E-state index contributed by atoms with van der Waals surface area (Å²) < 4.78 is 5.61. The van der Waals surface area contributed by atoms with Crippen molar-refractivity contribution in [2.24, 2.45) is 5.92 Å². The maximum Gasteiger partial charge on any atom is 0.303 e. The zero-order valence-electron chi connectivity index (χ0n) is 13.2. The molecule has 0 bridgehead atoms. The number of amides is 1. The normalized spacial score (nSPS) is 17.8. The average molecular weight is 329 g/mol. The summed E-state index contributed by atoms with van der Waals surface area (Å²) in [6, 6.07) is 8.07. The zero-order chi connectivity index (χ0) is 17.1. The number of carbonyl (C=O) groups is 2. The van der Waals surface area contributed by atoms with Gasteiger partial charge in [-0.1, -0.05) is 12.1 Å². The van der Waals surface area contributed by atoms with Gasteiger partial charge >= 0.3 is 5.97 Å². The number of fused-ring (bicyclic) bond motifs is 1. The summed E-state index contributed by atoms with van der Waals surface area (Å²) in [5.41, 5.74) is 0.160. The summed E-state index contributed by atoms with van der Waals surface area (Å²) in [4.78, 5) is 37.2. The molecule has 0 saturated carbocycles. The van der Waals surface area contributed by atoms with E-state index >= 15 is 0 Å². The minimum absolute atomic E-state index is 0.0394. The molecule has 6 heteroatoms. The maximum absolute atomic E-state index is 12.7. The van der Waals surface area contributed by atoms with Crippen LogP contribution in [0.3, 0.4) is 0 Å². The first-order valence-electron chi connectivity index (χ1n) is 8.08. The molecule has 0 radical (unpaired) electrons. The van der Waals surface area contributed by atoms with Crippen molar-refractivity contribution < 1.29 is 19.1 Å². The molecule has 1 aromatic heterocycles. The molecule has 24 heavy (non-hydrogen) atoms. The molecule has 2 heterocycles. The van der Waals surface area contributed by atoms with Gasteiger partial charge in [0.05, 0.1) is 5.39 Å². The van der Waals surface area contributed by atoms with Crippen molar-refractivity contribution in [2.45, 2.75) is 25.7 Å². The fraction of sp³-hybridized carbons (Fsp3) is 0.389. The van der Waals surface area contributed by atoms with Crippen molar-refractivity contribution in [3.63, 3.8) is 0 Å². The number of rotatable bonds is 4. The lowest BCUT2D eigenvalue weighted by Gasteiger charge is -2.32. The Morgan fingerprint density at radius 2 is 2.08 bits per heavy atom. The van der Waals surface area contributed by atoms with Crippen molar-refractivity contribution in [3.05, 3.63) is 46.3 Å². The number of aliphatic carboxylic acids is 1. The van der Waals surface area contributed by atoms with E-state index in [1.807, 2.05) is 0 Å². The molecule has 1 N–H and O–H groups in total. The molecule has 1 unspecified atom stereocenters. The molecule has 3 rings (SSSR count). The van der Waals surface area contributed by atoms with Gasteiger partial charge in [0, 0.05) is 25.6 Å². The van der Waals surface area contributed by atoms with Gasteiger partial charge in [0.1, 0.15) is 5.58 Å². The van der Waals surface area contributed by atoms with Crippen LogP contribution in [0.2, 0.25) is 0 Å². The highest BCUT2D eigenvalue weighted by atomic mass is 16.4. The van der Waals surface area contributed by atoms with E-state index in [0.29, 0.717) is 30.5 Å². The van der Waals surface area contributed by atoms with Gasteiger partial charge in [-0.15, -0.1) is 0 Å². The summed E-state index contributed by atoms with van der Waals surface area (Å²) in [5, 5.41) is 9.25. The topological polar surface area (TPSA) is 87.8 Å². The van der Waals surface area contributed by atoms with Crippen LogP contribution in [0.5, 0.6) is 0 Å². The number of carboxylic acids is 1. The molecule has 126 valence electrons. The Balaban J connectivity index is 1.78. The van der Waals surface area contributed by atoms with Gasteiger partial charge in [0.2, 0.25) is 0 Å². The number of carboxylic acid groups (broad SMARTS) is 1. The van der Waals surface area contributed by atoms with Crippen LogP contribution in [0, 0.1) is 5.92 Å². The number of likely N-dealkylation sites (tertiary alicyclic amines) is 1. The van der Waals surface area contributed by atoms with Gasteiger partial charge in [-0.3, -0.25) is 14.4 Å². The van der Waals surface area contributed by atoms with Crippen LogP contribution in [0.25, 0.3) is 11.0 Å². The van der Waals surface area contributed by atoms with Gasteiger partial charge in [-0.05, 0) is 37.3 Å². The van der Waals surface area contributed by atoms with Gasteiger partial charge in [-0.25, -0.2) is 0 Å². The highest BCUT2D eigenvalue weighted by Crippen LogP contribution is 2.23. The Morgan fingerprint density at radius 1 is 1.29 bits per heavy atom. The molecule has 0 spiro atoms. The van der Waals surface area contributed by atoms with Crippen molar-refractivity contribution in [2.75, 3.05) is 13.1 Å². The third kappa shape index (κ3) is 3.48. The van der Waals surface area contributed by atoms with Crippen molar-refractivity contribution in [1.82, 2.24) is 4.90 Å². The van der Waals surface area contributed by atoms with Crippen LogP contribution in [-0.4, -0.2) is 35.0 Å². The van der Waals surface area contributed by atoms with Crippen molar-refractivity contribution in [1.29, 1.82) is 0 Å². The molecular weight excluding hydrogens is 310 g/mol. The molecule has 1 saturated heterocycles. The fourth-order valence-electron chi connectivity index (χ4n) is 3.18. The quantitative estimate of drug-likeness (QED) is 0.931. The summed E-state index contributed by atoms with van der Waals surface area (Å²) in [5.74, 6) is -0.916. The van der Waals surface area contributed by atoms with Gasteiger partial charge < -0.3 is 14.4 Å². The van der Waals surface area contributed by atoms with Gasteiger partial charge in [0.15, 0.2) is 11.2 Å². The van der Waals surface area contributed by atoms with Crippen LogP contribution < -0.4 is 5.43 Å². The minimum Gasteiger partial charge on any atom is -0.481 e. The molecule has 1 aliphatic rings. The first kappa shape index (κ1) is 16.2. The van der Waals surface area contributed by atoms with E-state index in [1.165, 1.54) is 6.07 Å². The molecule has 6 nitrogen and oxygen atoms in total. The first-order valence-corrected chi connectivity index (χ1v) is 8.08. The van der Waals surface area contributed by atoms with E-state index < -0.39 is 5.97 Å². The number of nitrogens with zero attached hydrogens (tertiary/aromatic N) is 1. The Hall–Kier alpha value is -2.63. The number of carbonyl (C=O) groups excluding carboxylic acids is 1. The monoisotopic (exact) mass is 329 g/mol. The predicted molar refractivity (Wildman–Crippen MR) is 88.0 cm³/mol. The van der Waals surface area contributed by atoms with Gasteiger partial charge in [0.25, 0.3) is 5.91 Å². The smallest absolute Gasteiger partial charge is 0.303 e. The minimum atomic E-state index is -0.820. The predicted octanol–water partition coefficient (Wildman–Crippen LogP) is 2.51. The van der Waals surface area contributed by atoms with E-state index in [9.17, 15) is 14.4 Å². The number of para-hydroxylation sites is 1. The lowest BCUT2D eigenvalue weighted by Crippen LogP contribution is -2.40. The SMILES string of the molecule is O=C(O)CCC1CCCN(C(=O)c2cc(=O)c3ccccc3o2)C1. The number of piperidine rings is 1. The van der Waals surface area contributed by atoms with E-state index in [0.717, 1.165) is 12.8 Å². The second-order valence-electron chi connectivity index (χ2n) is 6.16. The average Bonchev–Trinajstić information content (AvgIpc) is 2.59. The summed E-state index contributed by atoms with van der Waals surface area (Å²) in [7, 11) is 0. The van der Waals surface area contributed by atoms with Crippen LogP contribution >= 0.6 is 0 Å². The molecule has 1 atom stereocenters. The highest BCUT2D eigenvalue weighted by molar-refractivity contribution is 5.93. The third-order valence-electron chi connectivity index (χ3n) is 4.42. The Bertz CT molecular complexity index is 826. The molecule has 1 amide bonds. The first-order chi connectivity index (χ1) is 11.5. The largest absolute Gasteiger partial charge is 0.481 e. The van der Waals surface area contributed by atoms with Gasteiger partial charge in [-0.2, -0.15) is 0 Å². The summed E-state index contributed by atoms with van der Waals surface area (Å²) in [6.07, 6.45) is 2.41. The van der Waals surface area contributed by atoms with E-state index in [-0.39, 0.29) is 29.4 Å². The fourth-order valence-corrected chi connectivity index (χ4v) is 3.18. The molecule has 1 fully saturated rings. The molecule has 1 aliphatic heterocycles. The Morgan fingerprint density at radius 3 is 2.88 bits per heavy atom. The molecule has 1 aromatic carbocycles. The Kier molecular flexibility index (Phi) is 4.64. The van der Waals surface area contributed by atoms with Crippen molar-refractivity contribution >= 4 is 22.8 Å². The van der Waals surface area contributed by atoms with Crippen LogP contribution in [0.1, 0.15) is 36.2 Å². The van der Waals surface area contributed by atoms with Crippen molar-refractivity contribution in [3.8, 4) is 0 Å². The van der Waals surface area contributed by atoms with Crippen LogP contribution in [0.15, 0.2) is 39.5 Å². The van der Waals surface area contributed by atoms with Crippen LogP contribution in [-0.2, 0) is 4.79 Å². The van der Waals surface area contributed by atoms with E-state index in [2.05, 4.69) is 0 Å². The number of hydrogen-bond donors (Lipinski definition) is 1. The Labute approximate surface area is 138 Å². The maximum atomic E-state index is 12.7.